The zero-order valence-corrected chi connectivity index (χ0v) is 11.4. The fourth-order valence-electron chi connectivity index (χ4n) is 1.86. The summed E-state index contributed by atoms with van der Waals surface area (Å²) < 4.78 is 14.2. The molecular weight excluding hydrogens is 246 g/mol. The largest absolute Gasteiger partial charge is 0.399 e. The summed E-state index contributed by atoms with van der Waals surface area (Å²) in [6.45, 7) is 1.93. The molecule has 5 heteroatoms. The van der Waals surface area contributed by atoms with Gasteiger partial charge in [0, 0.05) is 42.2 Å². The van der Waals surface area contributed by atoms with Crippen LogP contribution < -0.4 is 5.73 Å². The van der Waals surface area contributed by atoms with Crippen molar-refractivity contribution in [2.24, 2.45) is 7.05 Å². The normalized spacial score (nSPS) is 12.6. The lowest BCUT2D eigenvalue weighted by atomic mass is 10.2. The van der Waals surface area contributed by atoms with Crippen molar-refractivity contribution in [1.82, 2.24) is 9.55 Å². The minimum Gasteiger partial charge on any atom is -0.399 e. The quantitative estimate of drug-likeness (QED) is 0.853. The van der Waals surface area contributed by atoms with Crippen molar-refractivity contribution in [3.63, 3.8) is 0 Å². The Bertz CT molecular complexity index is 577. The van der Waals surface area contributed by atoms with E-state index in [2.05, 4.69) is 4.98 Å². The highest BCUT2D eigenvalue weighted by Crippen LogP contribution is 2.17. The van der Waals surface area contributed by atoms with Crippen molar-refractivity contribution in [2.45, 2.75) is 18.2 Å². The monoisotopic (exact) mass is 263 g/mol. The molecule has 1 aromatic carbocycles. The summed E-state index contributed by atoms with van der Waals surface area (Å²) in [6, 6.07) is 5.49. The minimum atomic E-state index is -1.01. The summed E-state index contributed by atoms with van der Waals surface area (Å²) in [5, 5.41) is 0. The van der Waals surface area contributed by atoms with Crippen LogP contribution >= 0.6 is 0 Å². The van der Waals surface area contributed by atoms with E-state index >= 15 is 0 Å². The molecule has 1 aromatic heterocycles. The van der Waals surface area contributed by atoms with E-state index in [1.807, 2.05) is 36.9 Å². The van der Waals surface area contributed by atoms with E-state index in [-0.39, 0.29) is 0 Å². The Hall–Kier alpha value is -1.62. The standard InChI is InChI=1S/C13H17N3OS/c1-10-9-11(14)3-4-12(10)18(17)8-5-13-15-6-7-16(13)2/h3-4,6-7,9H,5,8,14H2,1-2H3. The molecule has 0 aliphatic rings. The summed E-state index contributed by atoms with van der Waals surface area (Å²) in [7, 11) is 0.939. The molecule has 18 heavy (non-hydrogen) atoms. The predicted molar refractivity (Wildman–Crippen MR) is 73.8 cm³/mol. The van der Waals surface area contributed by atoms with Gasteiger partial charge in [0.1, 0.15) is 5.82 Å². The Balaban J connectivity index is 2.06. The zero-order valence-electron chi connectivity index (χ0n) is 10.6. The molecule has 0 aliphatic carbocycles. The highest BCUT2D eigenvalue weighted by molar-refractivity contribution is 7.85. The van der Waals surface area contributed by atoms with Gasteiger partial charge < -0.3 is 10.3 Å². The molecule has 0 aliphatic heterocycles. The van der Waals surface area contributed by atoms with Gasteiger partial charge in [-0.15, -0.1) is 0 Å². The van der Waals surface area contributed by atoms with Crippen LogP contribution in [0.3, 0.4) is 0 Å². The van der Waals surface area contributed by atoms with Crippen molar-refractivity contribution in [1.29, 1.82) is 0 Å². The lowest BCUT2D eigenvalue weighted by Gasteiger charge is -2.07. The molecule has 0 spiro atoms. The van der Waals surface area contributed by atoms with Gasteiger partial charge in [-0.2, -0.15) is 0 Å². The maximum absolute atomic E-state index is 12.2. The average Bonchev–Trinajstić information content (AvgIpc) is 2.72. The van der Waals surface area contributed by atoms with Crippen LogP contribution in [0.5, 0.6) is 0 Å². The van der Waals surface area contributed by atoms with Crippen LogP contribution in [0.15, 0.2) is 35.5 Å². The number of hydrogen-bond donors (Lipinski definition) is 1. The van der Waals surface area contributed by atoms with Gasteiger partial charge in [-0.25, -0.2) is 4.98 Å². The molecule has 4 nitrogen and oxygen atoms in total. The number of hydrogen-bond acceptors (Lipinski definition) is 3. The number of nitrogen functional groups attached to an aromatic ring is 1. The number of benzene rings is 1. The zero-order chi connectivity index (χ0) is 13.1. The van der Waals surface area contributed by atoms with E-state index in [0.29, 0.717) is 17.9 Å². The summed E-state index contributed by atoms with van der Waals surface area (Å²) in [4.78, 5) is 5.09. The molecule has 2 aromatic rings. The second-order valence-electron chi connectivity index (χ2n) is 4.28. The van der Waals surface area contributed by atoms with Gasteiger partial charge in [-0.1, -0.05) is 0 Å². The van der Waals surface area contributed by atoms with Crippen molar-refractivity contribution >= 4 is 16.5 Å². The topological polar surface area (TPSA) is 60.9 Å². The fourth-order valence-corrected chi connectivity index (χ4v) is 3.09. The second-order valence-corrected chi connectivity index (χ2v) is 5.82. The van der Waals surface area contributed by atoms with E-state index < -0.39 is 10.8 Å². The van der Waals surface area contributed by atoms with Gasteiger partial charge >= 0.3 is 0 Å². The van der Waals surface area contributed by atoms with Crippen molar-refractivity contribution < 1.29 is 4.21 Å². The minimum absolute atomic E-state index is 0.579. The van der Waals surface area contributed by atoms with E-state index in [4.69, 9.17) is 5.73 Å². The Labute approximate surface area is 109 Å². The van der Waals surface area contributed by atoms with E-state index in [1.54, 1.807) is 12.3 Å². The van der Waals surface area contributed by atoms with Crippen LogP contribution in [-0.4, -0.2) is 19.5 Å². The first-order chi connectivity index (χ1) is 8.58. The van der Waals surface area contributed by atoms with Crippen molar-refractivity contribution in [2.75, 3.05) is 11.5 Å². The Morgan fingerprint density at radius 1 is 1.44 bits per heavy atom. The van der Waals surface area contributed by atoms with Gasteiger partial charge in [0.2, 0.25) is 0 Å². The van der Waals surface area contributed by atoms with Crippen LogP contribution in [0.1, 0.15) is 11.4 Å². The first-order valence-electron chi connectivity index (χ1n) is 5.78. The van der Waals surface area contributed by atoms with E-state index in [0.717, 1.165) is 16.3 Å². The molecule has 0 amide bonds. The number of anilines is 1. The third-order valence-electron chi connectivity index (χ3n) is 2.88. The lowest BCUT2D eigenvalue weighted by Crippen LogP contribution is -2.07. The molecule has 0 saturated carbocycles. The smallest absolute Gasteiger partial charge is 0.109 e. The van der Waals surface area contributed by atoms with Crippen molar-refractivity contribution in [3.05, 3.63) is 42.0 Å². The maximum atomic E-state index is 12.2. The lowest BCUT2D eigenvalue weighted by molar-refractivity contribution is 0.680. The Kier molecular flexibility index (Phi) is 3.81. The van der Waals surface area contributed by atoms with Crippen LogP contribution in [0, 0.1) is 6.92 Å². The summed E-state index contributed by atoms with van der Waals surface area (Å²) in [5.74, 6) is 1.53. The molecule has 0 fully saturated rings. The van der Waals surface area contributed by atoms with Gasteiger partial charge in [-0.05, 0) is 30.7 Å². The second kappa shape index (κ2) is 5.35. The van der Waals surface area contributed by atoms with Gasteiger partial charge in [0.25, 0.3) is 0 Å². The molecule has 2 rings (SSSR count). The first kappa shape index (κ1) is 12.8. The van der Waals surface area contributed by atoms with Crippen LogP contribution in [0.2, 0.25) is 0 Å². The molecular formula is C13H17N3OS. The molecule has 0 bridgehead atoms. The molecule has 0 saturated heterocycles. The number of nitrogens with zero attached hydrogens (tertiary/aromatic N) is 2. The highest BCUT2D eigenvalue weighted by atomic mass is 32.2. The number of imidazole rings is 1. The van der Waals surface area contributed by atoms with E-state index in [9.17, 15) is 4.21 Å². The third kappa shape index (κ3) is 2.79. The highest BCUT2D eigenvalue weighted by Gasteiger charge is 2.09. The van der Waals surface area contributed by atoms with E-state index in [1.165, 1.54) is 0 Å². The molecule has 2 N–H and O–H groups in total. The summed E-state index contributed by atoms with van der Waals surface area (Å²) in [6.07, 6.45) is 4.36. The van der Waals surface area contributed by atoms with Crippen molar-refractivity contribution in [3.8, 4) is 0 Å². The third-order valence-corrected chi connectivity index (χ3v) is 4.40. The Morgan fingerprint density at radius 3 is 2.83 bits per heavy atom. The predicted octanol–water partition coefficient (Wildman–Crippen LogP) is 1.66. The number of aryl methyl sites for hydroxylation is 3. The number of rotatable bonds is 4. The first-order valence-corrected chi connectivity index (χ1v) is 7.10. The molecule has 96 valence electrons. The van der Waals surface area contributed by atoms with Crippen LogP contribution in [0.4, 0.5) is 5.69 Å². The van der Waals surface area contributed by atoms with Gasteiger partial charge in [0.15, 0.2) is 0 Å². The maximum Gasteiger partial charge on any atom is 0.109 e. The Morgan fingerprint density at radius 2 is 2.22 bits per heavy atom. The fraction of sp³-hybridized carbons (Fsp3) is 0.308. The van der Waals surface area contributed by atoms with Gasteiger partial charge in [0.05, 0.1) is 10.8 Å². The van der Waals surface area contributed by atoms with Crippen LogP contribution in [-0.2, 0) is 24.3 Å². The van der Waals surface area contributed by atoms with Crippen LogP contribution in [0.25, 0.3) is 0 Å². The van der Waals surface area contributed by atoms with Gasteiger partial charge in [-0.3, -0.25) is 4.21 Å². The number of aromatic nitrogens is 2. The summed E-state index contributed by atoms with van der Waals surface area (Å²) in [5.41, 5.74) is 7.37. The molecule has 0 radical (unpaired) electrons. The average molecular weight is 263 g/mol. The molecule has 1 unspecified atom stereocenters. The molecule has 1 atom stereocenters. The SMILES string of the molecule is Cc1cc(N)ccc1S(=O)CCc1nccn1C. The molecule has 1 heterocycles. The summed E-state index contributed by atoms with van der Waals surface area (Å²) >= 11 is 0. The number of nitrogens with two attached hydrogens (primary N) is 1.